The van der Waals surface area contributed by atoms with Crippen LogP contribution in [0, 0.1) is 13.8 Å². The molecule has 1 N–H and O–H groups in total. The third kappa shape index (κ3) is 3.73. The number of nitrogens with zero attached hydrogens (tertiary/aromatic N) is 3. The fraction of sp³-hybridized carbons (Fsp3) is 0.227. The number of methoxy groups -OCH3 is 2. The largest absolute Gasteiger partial charge is 0.493 e. The van der Waals surface area contributed by atoms with Crippen LogP contribution in [0.3, 0.4) is 0 Å². The Hall–Kier alpha value is -3.19. The van der Waals surface area contributed by atoms with Gasteiger partial charge in [-0.05, 0) is 49.2 Å². The van der Waals surface area contributed by atoms with Crippen molar-refractivity contribution in [2.45, 2.75) is 20.4 Å². The maximum absolute atomic E-state index is 5.41. The quantitative estimate of drug-likeness (QED) is 0.486. The molecule has 3 heterocycles. The fourth-order valence-corrected chi connectivity index (χ4v) is 4.21. The maximum atomic E-state index is 5.41. The topological polar surface area (TPSA) is 69.2 Å². The molecule has 6 nitrogen and oxygen atoms in total. The van der Waals surface area contributed by atoms with Crippen LogP contribution in [0.2, 0.25) is 0 Å². The molecule has 0 aliphatic heterocycles. The first-order valence-electron chi connectivity index (χ1n) is 9.23. The Morgan fingerprint density at radius 3 is 2.59 bits per heavy atom. The number of pyridine rings is 1. The Bertz CT molecular complexity index is 1160. The first-order valence-corrected chi connectivity index (χ1v) is 10.0. The Balaban J connectivity index is 1.72. The van der Waals surface area contributed by atoms with E-state index >= 15 is 0 Å². The van der Waals surface area contributed by atoms with E-state index in [1.807, 2.05) is 30.3 Å². The number of fused-ring (bicyclic) bond motifs is 1. The predicted molar refractivity (Wildman–Crippen MR) is 117 cm³/mol. The molecule has 0 aliphatic rings. The Morgan fingerprint density at radius 1 is 1.03 bits per heavy atom. The second-order valence-electron chi connectivity index (χ2n) is 6.64. The lowest BCUT2D eigenvalue weighted by Crippen LogP contribution is -2.04. The summed E-state index contributed by atoms with van der Waals surface area (Å²) in [7, 11) is 3.27. The van der Waals surface area contributed by atoms with Crippen molar-refractivity contribution >= 4 is 27.4 Å². The molecule has 7 heteroatoms. The van der Waals surface area contributed by atoms with Crippen molar-refractivity contribution in [2.75, 3.05) is 19.5 Å². The van der Waals surface area contributed by atoms with E-state index in [0.717, 1.165) is 27.2 Å². The fourth-order valence-electron chi connectivity index (χ4n) is 3.18. The number of benzene rings is 1. The summed E-state index contributed by atoms with van der Waals surface area (Å²) in [6, 6.07) is 9.76. The maximum Gasteiger partial charge on any atom is 0.164 e. The van der Waals surface area contributed by atoms with Crippen molar-refractivity contribution in [3.8, 4) is 22.9 Å². The Labute approximate surface area is 173 Å². The molecule has 4 aromatic rings. The zero-order chi connectivity index (χ0) is 20.4. The normalized spacial score (nSPS) is 10.9. The SMILES string of the molecule is COc1ccc(CNc2nc(-c3cccnc3)nc3sc(C)c(C)c23)cc1OC. The summed E-state index contributed by atoms with van der Waals surface area (Å²) < 4.78 is 10.7. The van der Waals surface area contributed by atoms with Crippen molar-refractivity contribution in [3.05, 3.63) is 58.7 Å². The highest BCUT2D eigenvalue weighted by molar-refractivity contribution is 7.18. The summed E-state index contributed by atoms with van der Waals surface area (Å²) in [5.74, 6) is 2.91. The van der Waals surface area contributed by atoms with E-state index < -0.39 is 0 Å². The monoisotopic (exact) mass is 406 g/mol. The van der Waals surface area contributed by atoms with Crippen molar-refractivity contribution < 1.29 is 9.47 Å². The molecule has 0 fully saturated rings. The van der Waals surface area contributed by atoms with Crippen LogP contribution in [0.4, 0.5) is 5.82 Å². The van der Waals surface area contributed by atoms with E-state index in [9.17, 15) is 0 Å². The van der Waals surface area contributed by atoms with E-state index in [0.29, 0.717) is 23.9 Å². The van der Waals surface area contributed by atoms with Gasteiger partial charge in [-0.3, -0.25) is 4.98 Å². The minimum Gasteiger partial charge on any atom is -0.493 e. The first kappa shape index (κ1) is 19.1. The van der Waals surface area contributed by atoms with Crippen molar-refractivity contribution in [1.29, 1.82) is 0 Å². The molecule has 0 saturated heterocycles. The molecule has 0 unspecified atom stereocenters. The molecule has 1 aromatic carbocycles. The number of ether oxygens (including phenoxy) is 2. The van der Waals surface area contributed by atoms with Crippen LogP contribution in [0.25, 0.3) is 21.6 Å². The highest BCUT2D eigenvalue weighted by Crippen LogP contribution is 2.35. The molecule has 0 atom stereocenters. The van der Waals surface area contributed by atoms with Gasteiger partial charge in [0.1, 0.15) is 10.6 Å². The first-order chi connectivity index (χ1) is 14.1. The van der Waals surface area contributed by atoms with Crippen molar-refractivity contribution in [3.63, 3.8) is 0 Å². The second kappa shape index (κ2) is 8.05. The van der Waals surface area contributed by atoms with Gasteiger partial charge in [0.15, 0.2) is 17.3 Å². The van der Waals surface area contributed by atoms with E-state index in [-0.39, 0.29) is 0 Å². The van der Waals surface area contributed by atoms with Gasteiger partial charge < -0.3 is 14.8 Å². The molecule has 0 spiro atoms. The number of nitrogens with one attached hydrogen (secondary N) is 1. The number of rotatable bonds is 6. The standard InChI is InChI=1S/C22H22N4O2S/c1-13-14(2)29-22-19(13)21(25-20(26-22)16-6-5-9-23-12-16)24-11-15-7-8-17(27-3)18(10-15)28-4/h5-10,12H,11H2,1-4H3,(H,24,25,26). The van der Waals surface area contributed by atoms with Crippen molar-refractivity contribution in [1.82, 2.24) is 15.0 Å². The van der Waals surface area contributed by atoms with Gasteiger partial charge in [0.05, 0.1) is 19.6 Å². The van der Waals surface area contributed by atoms with Gasteiger partial charge in [-0.25, -0.2) is 9.97 Å². The van der Waals surface area contributed by atoms with Gasteiger partial charge in [-0.15, -0.1) is 11.3 Å². The van der Waals surface area contributed by atoms with Crippen LogP contribution in [0.15, 0.2) is 42.7 Å². The number of thiophene rings is 1. The number of hydrogen-bond donors (Lipinski definition) is 1. The van der Waals surface area contributed by atoms with E-state index in [2.05, 4.69) is 24.1 Å². The minimum atomic E-state index is 0.604. The summed E-state index contributed by atoms with van der Waals surface area (Å²) in [5, 5.41) is 4.57. The van der Waals surface area contributed by atoms with Gasteiger partial charge in [0.25, 0.3) is 0 Å². The van der Waals surface area contributed by atoms with Gasteiger partial charge in [-0.2, -0.15) is 0 Å². The third-order valence-electron chi connectivity index (χ3n) is 4.86. The lowest BCUT2D eigenvalue weighted by Gasteiger charge is -2.12. The average molecular weight is 407 g/mol. The van der Waals surface area contributed by atoms with E-state index in [1.54, 1.807) is 38.0 Å². The molecule has 0 amide bonds. The number of hydrogen-bond acceptors (Lipinski definition) is 7. The molecule has 0 bridgehead atoms. The van der Waals surface area contributed by atoms with Crippen LogP contribution in [-0.4, -0.2) is 29.2 Å². The molecule has 148 valence electrons. The minimum absolute atomic E-state index is 0.604. The van der Waals surface area contributed by atoms with E-state index in [1.165, 1.54) is 10.4 Å². The molecule has 0 saturated carbocycles. The lowest BCUT2D eigenvalue weighted by atomic mass is 10.1. The zero-order valence-corrected chi connectivity index (χ0v) is 17.6. The van der Waals surface area contributed by atoms with Crippen LogP contribution in [-0.2, 0) is 6.54 Å². The molecular formula is C22H22N4O2S. The van der Waals surface area contributed by atoms with Crippen molar-refractivity contribution in [2.24, 2.45) is 0 Å². The number of aryl methyl sites for hydroxylation is 2. The summed E-state index contributed by atoms with van der Waals surface area (Å²) >= 11 is 1.69. The summed E-state index contributed by atoms with van der Waals surface area (Å²) in [5.41, 5.74) is 3.17. The molecular weight excluding hydrogens is 384 g/mol. The number of aromatic nitrogens is 3. The molecule has 29 heavy (non-hydrogen) atoms. The smallest absolute Gasteiger partial charge is 0.164 e. The second-order valence-corrected chi connectivity index (χ2v) is 7.85. The Kier molecular flexibility index (Phi) is 5.31. The van der Waals surface area contributed by atoms with Crippen LogP contribution >= 0.6 is 11.3 Å². The molecule has 0 aliphatic carbocycles. The van der Waals surface area contributed by atoms with Crippen LogP contribution < -0.4 is 14.8 Å². The molecule has 4 rings (SSSR count). The third-order valence-corrected chi connectivity index (χ3v) is 5.96. The van der Waals surface area contributed by atoms with Crippen LogP contribution in [0.1, 0.15) is 16.0 Å². The molecule has 0 radical (unpaired) electrons. The zero-order valence-electron chi connectivity index (χ0n) is 16.8. The lowest BCUT2D eigenvalue weighted by molar-refractivity contribution is 0.354. The van der Waals surface area contributed by atoms with Gasteiger partial charge in [0.2, 0.25) is 0 Å². The highest BCUT2D eigenvalue weighted by Gasteiger charge is 2.16. The molecule has 3 aromatic heterocycles. The number of anilines is 1. The average Bonchev–Trinajstić information content (AvgIpc) is 3.06. The van der Waals surface area contributed by atoms with Crippen LogP contribution in [0.5, 0.6) is 11.5 Å². The van der Waals surface area contributed by atoms with Gasteiger partial charge >= 0.3 is 0 Å². The Morgan fingerprint density at radius 2 is 1.86 bits per heavy atom. The predicted octanol–water partition coefficient (Wildman–Crippen LogP) is 5.00. The van der Waals surface area contributed by atoms with Gasteiger partial charge in [-0.1, -0.05) is 6.07 Å². The summed E-state index contributed by atoms with van der Waals surface area (Å²) in [6.07, 6.45) is 3.53. The highest BCUT2D eigenvalue weighted by atomic mass is 32.1. The van der Waals surface area contributed by atoms with Gasteiger partial charge in [0, 0.05) is 29.4 Å². The summed E-state index contributed by atoms with van der Waals surface area (Å²) in [6.45, 7) is 4.83. The van der Waals surface area contributed by atoms with E-state index in [4.69, 9.17) is 19.4 Å². The summed E-state index contributed by atoms with van der Waals surface area (Å²) in [4.78, 5) is 16.0.